The minimum atomic E-state index is -1.18. The molecule has 0 radical (unpaired) electrons. The van der Waals surface area contributed by atoms with Gasteiger partial charge in [0.05, 0.1) is 22.7 Å². The first-order chi connectivity index (χ1) is 10.8. The average Bonchev–Trinajstić information content (AvgIpc) is 2.51. The van der Waals surface area contributed by atoms with Gasteiger partial charge in [0.1, 0.15) is 0 Å². The fourth-order valence-corrected chi connectivity index (χ4v) is 2.38. The zero-order chi connectivity index (χ0) is 17.1. The van der Waals surface area contributed by atoms with Crippen molar-refractivity contribution < 1.29 is 18.7 Å². The van der Waals surface area contributed by atoms with Crippen LogP contribution >= 0.6 is 11.6 Å². The van der Waals surface area contributed by atoms with E-state index < -0.39 is 29.7 Å². The summed E-state index contributed by atoms with van der Waals surface area (Å²) in [5, 5.41) is 13.1. The largest absolute Gasteiger partial charge is 0.386 e. The molecule has 23 heavy (non-hydrogen) atoms. The van der Waals surface area contributed by atoms with Crippen molar-refractivity contribution in [2.24, 2.45) is 0 Å². The van der Waals surface area contributed by atoms with Gasteiger partial charge < -0.3 is 10.4 Å². The lowest BCUT2D eigenvalue weighted by atomic mass is 10.0. The second-order valence-corrected chi connectivity index (χ2v) is 5.69. The SMILES string of the molecule is Cc1cccc(C(=O)NC(C)C(O)c2ccc(F)c(F)c2)c1Cl. The Morgan fingerprint density at radius 3 is 2.57 bits per heavy atom. The van der Waals surface area contributed by atoms with Gasteiger partial charge in [-0.15, -0.1) is 0 Å². The highest BCUT2D eigenvalue weighted by atomic mass is 35.5. The third kappa shape index (κ3) is 3.86. The third-order valence-corrected chi connectivity index (χ3v) is 4.06. The number of carbonyl (C=O) groups excluding carboxylic acids is 1. The Hall–Kier alpha value is -1.98. The summed E-state index contributed by atoms with van der Waals surface area (Å²) in [7, 11) is 0. The Balaban J connectivity index is 2.14. The molecule has 2 unspecified atom stereocenters. The number of hydrogen-bond acceptors (Lipinski definition) is 2. The Morgan fingerprint density at radius 2 is 1.91 bits per heavy atom. The van der Waals surface area contributed by atoms with E-state index in [1.165, 1.54) is 6.07 Å². The fraction of sp³-hybridized carbons (Fsp3) is 0.235. The zero-order valence-electron chi connectivity index (χ0n) is 12.6. The first kappa shape index (κ1) is 17.4. The van der Waals surface area contributed by atoms with Gasteiger partial charge in [-0.1, -0.05) is 29.8 Å². The summed E-state index contributed by atoms with van der Waals surface area (Å²) in [6.45, 7) is 3.34. The van der Waals surface area contributed by atoms with Crippen molar-refractivity contribution in [1.82, 2.24) is 5.32 Å². The van der Waals surface area contributed by atoms with Gasteiger partial charge in [0.2, 0.25) is 0 Å². The Morgan fingerprint density at radius 1 is 1.22 bits per heavy atom. The highest BCUT2D eigenvalue weighted by molar-refractivity contribution is 6.34. The molecule has 0 bridgehead atoms. The summed E-state index contributed by atoms with van der Waals surface area (Å²) < 4.78 is 26.2. The molecule has 2 N–H and O–H groups in total. The second-order valence-electron chi connectivity index (χ2n) is 5.32. The first-order valence-electron chi connectivity index (χ1n) is 7.00. The van der Waals surface area contributed by atoms with Crippen LogP contribution < -0.4 is 5.32 Å². The summed E-state index contributed by atoms with van der Waals surface area (Å²) in [5.74, 6) is -2.50. The van der Waals surface area contributed by atoms with Crippen LogP contribution in [0.2, 0.25) is 5.02 Å². The molecule has 6 heteroatoms. The Labute approximate surface area is 137 Å². The topological polar surface area (TPSA) is 49.3 Å². The van der Waals surface area contributed by atoms with Crippen LogP contribution in [0.1, 0.15) is 34.5 Å². The molecular formula is C17H16ClF2NO2. The summed E-state index contributed by atoms with van der Waals surface area (Å²) in [6.07, 6.45) is -1.18. The maximum Gasteiger partial charge on any atom is 0.253 e. The van der Waals surface area contributed by atoms with Crippen LogP contribution in [0.3, 0.4) is 0 Å². The number of hydrogen-bond donors (Lipinski definition) is 2. The van der Waals surface area contributed by atoms with Crippen molar-refractivity contribution in [2.75, 3.05) is 0 Å². The van der Waals surface area contributed by atoms with Gasteiger partial charge >= 0.3 is 0 Å². The predicted molar refractivity (Wildman–Crippen MR) is 84.4 cm³/mol. The van der Waals surface area contributed by atoms with Gasteiger partial charge in [0.25, 0.3) is 5.91 Å². The number of aliphatic hydroxyl groups is 1. The molecule has 0 spiro atoms. The molecule has 2 aromatic rings. The van der Waals surface area contributed by atoms with Crippen molar-refractivity contribution in [3.05, 3.63) is 69.7 Å². The number of aryl methyl sites for hydroxylation is 1. The third-order valence-electron chi connectivity index (χ3n) is 3.55. The Bertz CT molecular complexity index is 737. The van der Waals surface area contributed by atoms with E-state index in [1.807, 2.05) is 0 Å². The highest BCUT2D eigenvalue weighted by Gasteiger charge is 2.21. The van der Waals surface area contributed by atoms with E-state index in [1.54, 1.807) is 32.0 Å². The molecule has 122 valence electrons. The summed E-state index contributed by atoms with van der Waals surface area (Å²) in [4.78, 5) is 12.2. The molecule has 2 rings (SSSR count). The Kier molecular flexibility index (Phi) is 5.34. The standard InChI is InChI=1S/C17H16ClF2NO2/c1-9-4-3-5-12(15(9)18)17(23)21-10(2)16(22)11-6-7-13(19)14(20)8-11/h3-8,10,16,22H,1-2H3,(H,21,23). The van der Waals surface area contributed by atoms with Gasteiger partial charge in [-0.2, -0.15) is 0 Å². The number of nitrogens with one attached hydrogen (secondary N) is 1. The molecule has 2 atom stereocenters. The van der Waals surface area contributed by atoms with Gasteiger partial charge in [-0.3, -0.25) is 4.79 Å². The van der Waals surface area contributed by atoms with Crippen molar-refractivity contribution in [1.29, 1.82) is 0 Å². The van der Waals surface area contributed by atoms with Crippen LogP contribution in [0.15, 0.2) is 36.4 Å². The maximum absolute atomic E-state index is 13.2. The van der Waals surface area contributed by atoms with Gasteiger partial charge in [0, 0.05) is 0 Å². The van der Waals surface area contributed by atoms with Gasteiger partial charge in [0.15, 0.2) is 11.6 Å². The van der Waals surface area contributed by atoms with Crippen LogP contribution in [-0.4, -0.2) is 17.1 Å². The van der Waals surface area contributed by atoms with E-state index in [2.05, 4.69) is 5.32 Å². The fourth-order valence-electron chi connectivity index (χ4n) is 2.17. The number of benzene rings is 2. The number of halogens is 3. The number of rotatable bonds is 4. The van der Waals surface area contributed by atoms with Crippen LogP contribution in [0.4, 0.5) is 8.78 Å². The summed E-state index contributed by atoms with van der Waals surface area (Å²) in [6, 6.07) is 7.43. The van der Waals surface area contributed by atoms with E-state index in [0.717, 1.165) is 17.7 Å². The van der Waals surface area contributed by atoms with Crippen molar-refractivity contribution in [3.8, 4) is 0 Å². The summed E-state index contributed by atoms with van der Waals surface area (Å²) >= 11 is 6.09. The minimum Gasteiger partial charge on any atom is -0.386 e. The first-order valence-corrected chi connectivity index (χ1v) is 7.38. The van der Waals surface area contributed by atoms with Crippen molar-refractivity contribution in [2.45, 2.75) is 26.0 Å². The zero-order valence-corrected chi connectivity index (χ0v) is 13.4. The van der Waals surface area contributed by atoms with Crippen LogP contribution in [0.25, 0.3) is 0 Å². The van der Waals surface area contributed by atoms with E-state index >= 15 is 0 Å². The van der Waals surface area contributed by atoms with Crippen molar-refractivity contribution >= 4 is 17.5 Å². The lowest BCUT2D eigenvalue weighted by Gasteiger charge is -2.21. The lowest BCUT2D eigenvalue weighted by Crippen LogP contribution is -2.37. The average molecular weight is 340 g/mol. The quantitative estimate of drug-likeness (QED) is 0.890. The molecule has 3 nitrogen and oxygen atoms in total. The van der Waals surface area contributed by atoms with Crippen molar-refractivity contribution in [3.63, 3.8) is 0 Å². The van der Waals surface area contributed by atoms with E-state index in [-0.39, 0.29) is 11.1 Å². The molecule has 1 amide bonds. The van der Waals surface area contributed by atoms with E-state index in [9.17, 15) is 18.7 Å². The smallest absolute Gasteiger partial charge is 0.253 e. The molecule has 0 aliphatic rings. The summed E-state index contributed by atoms with van der Waals surface area (Å²) in [5.41, 5.74) is 1.22. The van der Waals surface area contributed by atoms with E-state index in [4.69, 9.17) is 11.6 Å². The second kappa shape index (κ2) is 7.06. The van der Waals surface area contributed by atoms with Crippen LogP contribution in [0.5, 0.6) is 0 Å². The molecule has 0 saturated heterocycles. The number of aliphatic hydroxyl groups excluding tert-OH is 1. The van der Waals surface area contributed by atoms with Crippen LogP contribution in [-0.2, 0) is 0 Å². The predicted octanol–water partition coefficient (Wildman–Crippen LogP) is 3.78. The molecular weight excluding hydrogens is 324 g/mol. The number of amides is 1. The molecule has 0 fully saturated rings. The molecule has 0 aliphatic heterocycles. The van der Waals surface area contributed by atoms with E-state index in [0.29, 0.717) is 5.02 Å². The minimum absolute atomic E-state index is 0.173. The molecule has 0 aromatic heterocycles. The maximum atomic E-state index is 13.2. The monoisotopic (exact) mass is 339 g/mol. The van der Waals surface area contributed by atoms with Crippen LogP contribution in [0, 0.1) is 18.6 Å². The van der Waals surface area contributed by atoms with Gasteiger partial charge in [-0.05, 0) is 43.2 Å². The molecule has 0 saturated carbocycles. The lowest BCUT2D eigenvalue weighted by molar-refractivity contribution is 0.0851. The normalized spacial score (nSPS) is 13.5. The highest BCUT2D eigenvalue weighted by Crippen LogP contribution is 2.22. The molecule has 0 aliphatic carbocycles. The molecule has 0 heterocycles. The molecule has 2 aromatic carbocycles. The van der Waals surface area contributed by atoms with Gasteiger partial charge in [-0.25, -0.2) is 8.78 Å². The number of carbonyl (C=O) groups is 1.